The second-order valence-electron chi connectivity index (χ2n) is 5.65. The molecule has 0 bridgehead atoms. The van der Waals surface area contributed by atoms with Crippen molar-refractivity contribution in [3.05, 3.63) is 24.3 Å². The molecule has 0 spiro atoms. The van der Waals surface area contributed by atoms with Crippen molar-refractivity contribution in [2.75, 3.05) is 25.1 Å². The molecule has 3 N–H and O–H groups in total. The summed E-state index contributed by atoms with van der Waals surface area (Å²) in [6, 6.07) is 7.44. The van der Waals surface area contributed by atoms with Gasteiger partial charge in [0.15, 0.2) is 0 Å². The Kier molecular flexibility index (Phi) is 6.65. The maximum Gasteiger partial charge on any atom is 0.253 e. The van der Waals surface area contributed by atoms with E-state index in [0.29, 0.717) is 31.0 Å². The number of halogens is 1. The Morgan fingerprint density at radius 3 is 2.83 bits per heavy atom. The van der Waals surface area contributed by atoms with Gasteiger partial charge in [-0.15, -0.1) is 12.4 Å². The summed E-state index contributed by atoms with van der Waals surface area (Å²) in [5, 5.41) is 2.90. The molecular weight excluding hydrogens is 320 g/mol. The first kappa shape index (κ1) is 18.0. The highest BCUT2D eigenvalue weighted by Crippen LogP contribution is 2.28. The first-order chi connectivity index (χ1) is 10.8. The molecule has 2 heterocycles. The van der Waals surface area contributed by atoms with Gasteiger partial charge in [-0.1, -0.05) is 12.1 Å². The van der Waals surface area contributed by atoms with Crippen molar-refractivity contribution >= 4 is 24.0 Å². The number of carbonyl (C=O) groups excluding carboxylic acids is 1. The highest BCUT2D eigenvalue weighted by atomic mass is 35.5. The zero-order valence-electron chi connectivity index (χ0n) is 12.9. The fourth-order valence-corrected chi connectivity index (χ4v) is 2.74. The Labute approximate surface area is 142 Å². The lowest BCUT2D eigenvalue weighted by Gasteiger charge is -2.17. The molecule has 2 aliphatic rings. The van der Waals surface area contributed by atoms with Gasteiger partial charge in [0.1, 0.15) is 18.0 Å². The first-order valence-electron chi connectivity index (χ1n) is 7.76. The van der Waals surface area contributed by atoms with Gasteiger partial charge in [0.25, 0.3) is 5.91 Å². The third kappa shape index (κ3) is 4.57. The molecule has 1 aromatic rings. The van der Waals surface area contributed by atoms with Crippen LogP contribution >= 0.6 is 12.4 Å². The lowest BCUT2D eigenvalue weighted by atomic mass is 10.2. The molecule has 0 radical (unpaired) electrons. The van der Waals surface area contributed by atoms with Crippen LogP contribution in [0.4, 0.5) is 5.69 Å². The number of hydrogen-bond donors (Lipinski definition) is 2. The van der Waals surface area contributed by atoms with E-state index in [1.54, 1.807) is 0 Å². The van der Waals surface area contributed by atoms with Crippen molar-refractivity contribution in [3.8, 4) is 5.75 Å². The van der Waals surface area contributed by atoms with Crippen LogP contribution in [-0.4, -0.2) is 44.0 Å². The van der Waals surface area contributed by atoms with Gasteiger partial charge in [0.2, 0.25) is 0 Å². The Morgan fingerprint density at radius 1 is 1.30 bits per heavy atom. The molecule has 128 valence electrons. The fraction of sp³-hybridized carbons (Fsp3) is 0.562. The van der Waals surface area contributed by atoms with Crippen molar-refractivity contribution in [2.45, 2.75) is 37.6 Å². The number of hydrogen-bond acceptors (Lipinski definition) is 5. The summed E-state index contributed by atoms with van der Waals surface area (Å²) in [5.41, 5.74) is 6.24. The maximum atomic E-state index is 12.3. The topological polar surface area (TPSA) is 82.8 Å². The van der Waals surface area contributed by atoms with Crippen LogP contribution in [0, 0.1) is 0 Å². The third-order valence-corrected chi connectivity index (χ3v) is 3.99. The zero-order valence-corrected chi connectivity index (χ0v) is 13.7. The van der Waals surface area contributed by atoms with Gasteiger partial charge in [-0.2, -0.15) is 0 Å². The minimum atomic E-state index is -0.434. The molecule has 2 aliphatic heterocycles. The highest BCUT2D eigenvalue weighted by molar-refractivity contribution is 5.95. The molecule has 2 fully saturated rings. The minimum absolute atomic E-state index is 0. The second-order valence-corrected chi connectivity index (χ2v) is 5.65. The van der Waals surface area contributed by atoms with Crippen molar-refractivity contribution in [1.29, 1.82) is 0 Å². The van der Waals surface area contributed by atoms with Gasteiger partial charge in [-0.05, 0) is 25.0 Å². The number of ether oxygens (including phenoxy) is 3. The van der Waals surface area contributed by atoms with Crippen molar-refractivity contribution in [1.82, 2.24) is 0 Å². The van der Waals surface area contributed by atoms with Crippen LogP contribution in [0.1, 0.15) is 19.3 Å². The van der Waals surface area contributed by atoms with Crippen LogP contribution in [0.5, 0.6) is 5.75 Å². The Morgan fingerprint density at radius 2 is 2.13 bits per heavy atom. The predicted octanol–water partition coefficient (Wildman–Crippen LogP) is 1.72. The van der Waals surface area contributed by atoms with Crippen LogP contribution in [-0.2, 0) is 14.3 Å². The van der Waals surface area contributed by atoms with Crippen LogP contribution in [0.2, 0.25) is 0 Å². The molecular formula is C16H23ClN2O4. The summed E-state index contributed by atoms with van der Waals surface area (Å²) >= 11 is 0. The van der Waals surface area contributed by atoms with Gasteiger partial charge < -0.3 is 25.3 Å². The number of carbonyl (C=O) groups is 1. The molecule has 6 nitrogen and oxygen atoms in total. The molecule has 0 saturated carbocycles. The Balaban J connectivity index is 0.00000192. The second kappa shape index (κ2) is 8.49. The molecule has 0 aliphatic carbocycles. The molecule has 3 atom stereocenters. The number of para-hydroxylation sites is 2. The molecule has 2 saturated heterocycles. The number of rotatable bonds is 5. The summed E-state index contributed by atoms with van der Waals surface area (Å²) in [6.07, 6.45) is 1.99. The SMILES string of the molecule is Cl.NC[C@H]1CC[C@@H](C(=O)Nc2ccccc2OC2CCOC2)O1. The van der Waals surface area contributed by atoms with E-state index in [1.807, 2.05) is 24.3 Å². The average Bonchev–Trinajstić information content (AvgIpc) is 3.20. The molecule has 1 unspecified atom stereocenters. The standard InChI is InChI=1S/C16H22N2O4.ClH/c17-9-11-5-6-15(21-11)16(19)18-13-3-1-2-4-14(13)22-12-7-8-20-10-12;/h1-4,11-12,15H,5-10,17H2,(H,18,19);1H/t11-,12?,15+;/m1./s1. The third-order valence-electron chi connectivity index (χ3n) is 3.99. The highest BCUT2D eigenvalue weighted by Gasteiger charge is 2.30. The number of benzene rings is 1. The summed E-state index contributed by atoms with van der Waals surface area (Å²) in [4.78, 5) is 12.3. The lowest BCUT2D eigenvalue weighted by molar-refractivity contribution is -0.126. The molecule has 0 aromatic heterocycles. The smallest absolute Gasteiger partial charge is 0.253 e. The summed E-state index contributed by atoms with van der Waals surface area (Å²) in [6.45, 7) is 1.76. The van der Waals surface area contributed by atoms with Gasteiger partial charge in [-0.3, -0.25) is 4.79 Å². The number of nitrogens with one attached hydrogen (secondary N) is 1. The van der Waals surface area contributed by atoms with Gasteiger partial charge in [0, 0.05) is 13.0 Å². The largest absolute Gasteiger partial charge is 0.486 e. The average molecular weight is 343 g/mol. The van der Waals surface area contributed by atoms with Gasteiger partial charge in [-0.25, -0.2) is 0 Å². The quantitative estimate of drug-likeness (QED) is 0.851. The Hall–Kier alpha value is -1.34. The monoisotopic (exact) mass is 342 g/mol. The van der Waals surface area contributed by atoms with E-state index in [4.69, 9.17) is 19.9 Å². The minimum Gasteiger partial charge on any atom is -0.486 e. The van der Waals surface area contributed by atoms with Gasteiger partial charge >= 0.3 is 0 Å². The van der Waals surface area contributed by atoms with E-state index in [1.165, 1.54) is 0 Å². The number of anilines is 1. The Bertz CT molecular complexity index is 523. The summed E-state index contributed by atoms with van der Waals surface area (Å²) < 4.78 is 16.8. The summed E-state index contributed by atoms with van der Waals surface area (Å²) in [7, 11) is 0. The predicted molar refractivity (Wildman–Crippen MR) is 89.1 cm³/mol. The van der Waals surface area contributed by atoms with Gasteiger partial charge in [0.05, 0.1) is 25.0 Å². The van der Waals surface area contributed by atoms with E-state index < -0.39 is 6.10 Å². The van der Waals surface area contributed by atoms with Crippen LogP contribution in [0.15, 0.2) is 24.3 Å². The molecule has 1 aromatic carbocycles. The van der Waals surface area contributed by atoms with Crippen molar-refractivity contribution in [3.63, 3.8) is 0 Å². The number of nitrogens with two attached hydrogens (primary N) is 1. The number of amides is 1. The maximum absolute atomic E-state index is 12.3. The van der Waals surface area contributed by atoms with Crippen LogP contribution in [0.3, 0.4) is 0 Å². The van der Waals surface area contributed by atoms with E-state index in [0.717, 1.165) is 19.4 Å². The first-order valence-corrected chi connectivity index (χ1v) is 7.76. The van der Waals surface area contributed by atoms with Crippen molar-refractivity contribution in [2.24, 2.45) is 5.73 Å². The van der Waals surface area contributed by atoms with E-state index >= 15 is 0 Å². The normalized spacial score (nSPS) is 26.6. The van der Waals surface area contributed by atoms with E-state index in [-0.39, 0.29) is 30.5 Å². The molecule has 23 heavy (non-hydrogen) atoms. The molecule has 3 rings (SSSR count). The molecule has 1 amide bonds. The van der Waals surface area contributed by atoms with Crippen LogP contribution in [0.25, 0.3) is 0 Å². The summed E-state index contributed by atoms with van der Waals surface area (Å²) in [5.74, 6) is 0.523. The van der Waals surface area contributed by atoms with Crippen molar-refractivity contribution < 1.29 is 19.0 Å². The van der Waals surface area contributed by atoms with E-state index in [9.17, 15) is 4.79 Å². The molecule has 7 heteroatoms. The fourth-order valence-electron chi connectivity index (χ4n) is 2.74. The zero-order chi connectivity index (χ0) is 15.4. The van der Waals surface area contributed by atoms with Crippen LogP contribution < -0.4 is 15.8 Å². The lowest BCUT2D eigenvalue weighted by Crippen LogP contribution is -2.30. The van der Waals surface area contributed by atoms with E-state index in [2.05, 4.69) is 5.32 Å².